The van der Waals surface area contributed by atoms with Crippen LogP contribution in [0.15, 0.2) is 18.2 Å². The number of benzene rings is 1. The molecule has 0 aliphatic carbocycles. The van der Waals surface area contributed by atoms with E-state index in [1.54, 1.807) is 6.07 Å². The van der Waals surface area contributed by atoms with Gasteiger partial charge in [-0.3, -0.25) is 16.2 Å². The minimum atomic E-state index is -0.195. The summed E-state index contributed by atoms with van der Waals surface area (Å²) in [6, 6.07) is 4.94. The topological polar surface area (TPSA) is 41.3 Å². The highest BCUT2D eigenvalue weighted by Gasteiger charge is 2.36. The van der Waals surface area contributed by atoms with Crippen LogP contribution in [-0.4, -0.2) is 23.5 Å². The third kappa shape index (κ3) is 3.62. The average molecular weight is 293 g/mol. The molecular formula is C17H28FN3. The largest absolute Gasteiger partial charge is 0.296 e. The Morgan fingerprint density at radius 1 is 1.19 bits per heavy atom. The number of nitrogens with one attached hydrogen (secondary N) is 1. The van der Waals surface area contributed by atoms with E-state index in [2.05, 4.69) is 24.2 Å². The van der Waals surface area contributed by atoms with Crippen molar-refractivity contribution in [3.05, 3.63) is 35.1 Å². The summed E-state index contributed by atoms with van der Waals surface area (Å²) in [5, 5.41) is 0. The fourth-order valence-electron chi connectivity index (χ4n) is 3.47. The van der Waals surface area contributed by atoms with Crippen molar-refractivity contribution in [2.75, 3.05) is 13.1 Å². The van der Waals surface area contributed by atoms with Gasteiger partial charge in [0.2, 0.25) is 0 Å². The van der Waals surface area contributed by atoms with Crippen LogP contribution in [0.1, 0.15) is 56.7 Å². The molecule has 1 aromatic rings. The summed E-state index contributed by atoms with van der Waals surface area (Å²) in [4.78, 5) is 2.52. The first kappa shape index (κ1) is 16.4. The lowest BCUT2D eigenvalue weighted by atomic mass is 9.85. The van der Waals surface area contributed by atoms with Gasteiger partial charge >= 0.3 is 0 Å². The molecule has 0 aromatic heterocycles. The van der Waals surface area contributed by atoms with Crippen LogP contribution in [0.2, 0.25) is 0 Å². The number of nitrogens with two attached hydrogens (primary N) is 1. The summed E-state index contributed by atoms with van der Waals surface area (Å²) in [6.45, 7) is 8.61. The molecule has 0 amide bonds. The molecule has 1 unspecified atom stereocenters. The molecule has 0 radical (unpaired) electrons. The molecule has 21 heavy (non-hydrogen) atoms. The van der Waals surface area contributed by atoms with Crippen molar-refractivity contribution in [3.63, 3.8) is 0 Å². The Morgan fingerprint density at radius 3 is 2.33 bits per heavy atom. The highest BCUT2D eigenvalue weighted by Crippen LogP contribution is 2.34. The summed E-state index contributed by atoms with van der Waals surface area (Å²) >= 11 is 0. The molecule has 1 heterocycles. The van der Waals surface area contributed by atoms with Gasteiger partial charge in [-0.1, -0.05) is 18.9 Å². The Labute approximate surface area is 127 Å². The summed E-state index contributed by atoms with van der Waals surface area (Å²) in [5.41, 5.74) is 4.89. The maximum Gasteiger partial charge on any atom is 0.123 e. The van der Waals surface area contributed by atoms with Gasteiger partial charge in [0, 0.05) is 5.54 Å². The number of nitrogens with zero attached hydrogens (tertiary/aromatic N) is 1. The lowest BCUT2D eigenvalue weighted by Gasteiger charge is -2.44. The first-order valence-corrected chi connectivity index (χ1v) is 7.94. The smallest absolute Gasteiger partial charge is 0.123 e. The minimum Gasteiger partial charge on any atom is -0.296 e. The molecule has 1 aliphatic rings. The fraction of sp³-hybridized carbons (Fsp3) is 0.647. The Hall–Kier alpha value is -0.970. The normalized spacial score (nSPS) is 19.3. The van der Waals surface area contributed by atoms with Gasteiger partial charge in [0.15, 0.2) is 0 Å². The number of hydrogen-bond donors (Lipinski definition) is 2. The van der Waals surface area contributed by atoms with Gasteiger partial charge in [0.25, 0.3) is 0 Å². The summed E-state index contributed by atoms with van der Waals surface area (Å²) in [6.07, 6.45) is 5.10. The van der Waals surface area contributed by atoms with Gasteiger partial charge < -0.3 is 0 Å². The zero-order chi connectivity index (χ0) is 15.5. The highest BCUT2D eigenvalue weighted by atomic mass is 19.1. The Bertz CT molecular complexity index is 465. The molecule has 0 saturated carbocycles. The average Bonchev–Trinajstić information content (AvgIpc) is 2.71. The predicted octanol–water partition coefficient (Wildman–Crippen LogP) is 3.29. The van der Waals surface area contributed by atoms with Crippen LogP contribution in [0.5, 0.6) is 0 Å². The zero-order valence-corrected chi connectivity index (χ0v) is 13.5. The molecule has 0 bridgehead atoms. The third-order valence-electron chi connectivity index (χ3n) is 4.84. The Morgan fingerprint density at radius 2 is 1.81 bits per heavy atom. The molecule has 0 spiro atoms. The van der Waals surface area contributed by atoms with E-state index >= 15 is 0 Å². The first-order chi connectivity index (χ1) is 9.96. The van der Waals surface area contributed by atoms with Crippen molar-refractivity contribution in [3.8, 4) is 0 Å². The van der Waals surface area contributed by atoms with Crippen molar-refractivity contribution in [1.29, 1.82) is 0 Å². The van der Waals surface area contributed by atoms with Crippen molar-refractivity contribution in [1.82, 2.24) is 10.3 Å². The van der Waals surface area contributed by atoms with Crippen LogP contribution in [0.4, 0.5) is 4.39 Å². The standard InChI is InChI=1S/C17H28FN3/c1-13-12-14(18)8-9-15(13)16(20-19)17(2,3)21-10-6-4-5-7-11-21/h8-9,12,16,20H,4-7,10-11,19H2,1-3H3. The Kier molecular flexibility index (Phi) is 5.36. The van der Waals surface area contributed by atoms with Gasteiger partial charge in [-0.15, -0.1) is 0 Å². The van der Waals surface area contributed by atoms with Crippen molar-refractivity contribution < 1.29 is 4.39 Å². The van der Waals surface area contributed by atoms with Crippen LogP contribution in [-0.2, 0) is 0 Å². The number of hydrogen-bond acceptors (Lipinski definition) is 3. The van der Waals surface area contributed by atoms with Crippen molar-refractivity contribution in [2.45, 2.75) is 58.0 Å². The lowest BCUT2D eigenvalue weighted by molar-refractivity contribution is 0.0831. The number of halogens is 1. The van der Waals surface area contributed by atoms with E-state index in [0.717, 1.165) is 24.2 Å². The van der Waals surface area contributed by atoms with E-state index in [4.69, 9.17) is 5.84 Å². The summed E-state index contributed by atoms with van der Waals surface area (Å²) in [7, 11) is 0. The SMILES string of the molecule is Cc1cc(F)ccc1C(NN)C(C)(C)N1CCCCCC1. The second-order valence-electron chi connectivity index (χ2n) is 6.66. The van der Waals surface area contributed by atoms with E-state index < -0.39 is 0 Å². The molecule has 4 heteroatoms. The first-order valence-electron chi connectivity index (χ1n) is 7.94. The lowest BCUT2D eigenvalue weighted by Crippen LogP contribution is -2.54. The van der Waals surface area contributed by atoms with Crippen LogP contribution in [0.3, 0.4) is 0 Å². The molecule has 2 rings (SSSR count). The van der Waals surface area contributed by atoms with E-state index in [1.807, 2.05) is 13.0 Å². The van der Waals surface area contributed by atoms with E-state index in [-0.39, 0.29) is 17.4 Å². The van der Waals surface area contributed by atoms with Gasteiger partial charge in [-0.2, -0.15) is 0 Å². The molecule has 1 saturated heterocycles. The monoisotopic (exact) mass is 293 g/mol. The molecule has 1 aliphatic heterocycles. The van der Waals surface area contributed by atoms with Gasteiger partial charge in [-0.25, -0.2) is 4.39 Å². The van der Waals surface area contributed by atoms with E-state index in [0.29, 0.717) is 0 Å². The molecule has 1 fully saturated rings. The second-order valence-corrected chi connectivity index (χ2v) is 6.66. The van der Waals surface area contributed by atoms with E-state index in [9.17, 15) is 4.39 Å². The van der Waals surface area contributed by atoms with E-state index in [1.165, 1.54) is 31.7 Å². The second kappa shape index (κ2) is 6.86. The highest BCUT2D eigenvalue weighted by molar-refractivity contribution is 5.31. The molecule has 3 nitrogen and oxygen atoms in total. The molecular weight excluding hydrogens is 265 g/mol. The molecule has 118 valence electrons. The number of hydrazine groups is 1. The maximum atomic E-state index is 13.4. The summed E-state index contributed by atoms with van der Waals surface area (Å²) < 4.78 is 13.4. The summed E-state index contributed by atoms with van der Waals surface area (Å²) in [5.74, 6) is 5.68. The van der Waals surface area contributed by atoms with Gasteiger partial charge in [0.1, 0.15) is 5.82 Å². The number of aryl methyl sites for hydroxylation is 1. The number of likely N-dealkylation sites (tertiary alicyclic amines) is 1. The maximum absolute atomic E-state index is 13.4. The fourth-order valence-corrected chi connectivity index (χ4v) is 3.47. The van der Waals surface area contributed by atoms with Crippen molar-refractivity contribution >= 4 is 0 Å². The quantitative estimate of drug-likeness (QED) is 0.661. The zero-order valence-electron chi connectivity index (χ0n) is 13.5. The molecule has 3 N–H and O–H groups in total. The van der Waals surface area contributed by atoms with Crippen LogP contribution >= 0.6 is 0 Å². The van der Waals surface area contributed by atoms with Crippen LogP contribution in [0, 0.1) is 12.7 Å². The predicted molar refractivity (Wildman–Crippen MR) is 85.3 cm³/mol. The van der Waals surface area contributed by atoms with Crippen LogP contribution in [0.25, 0.3) is 0 Å². The third-order valence-corrected chi connectivity index (χ3v) is 4.84. The molecule has 1 aromatic carbocycles. The van der Waals surface area contributed by atoms with Crippen LogP contribution < -0.4 is 11.3 Å². The van der Waals surface area contributed by atoms with Gasteiger partial charge in [0.05, 0.1) is 6.04 Å². The number of rotatable bonds is 4. The van der Waals surface area contributed by atoms with Gasteiger partial charge in [-0.05, 0) is 70.0 Å². The Balaban J connectivity index is 2.29. The molecule has 1 atom stereocenters. The van der Waals surface area contributed by atoms with Crippen molar-refractivity contribution in [2.24, 2.45) is 5.84 Å². The minimum absolute atomic E-state index is 0.0174.